The summed E-state index contributed by atoms with van der Waals surface area (Å²) in [6.07, 6.45) is 1.44. The zero-order valence-corrected chi connectivity index (χ0v) is 9.26. The number of nitrogens with one attached hydrogen (secondary N) is 1. The van der Waals surface area contributed by atoms with Crippen molar-refractivity contribution in [1.29, 1.82) is 0 Å². The van der Waals surface area contributed by atoms with Crippen molar-refractivity contribution < 1.29 is 8.81 Å². The third-order valence-electron chi connectivity index (χ3n) is 1.86. The molecule has 0 saturated heterocycles. The fourth-order valence-electron chi connectivity index (χ4n) is 1.14. The molecule has 6 heteroatoms. The highest BCUT2D eigenvalue weighted by Gasteiger charge is 2.13. The van der Waals surface area contributed by atoms with Gasteiger partial charge in [-0.25, -0.2) is 4.98 Å². The number of hydrogen-bond donors (Lipinski definition) is 1. The number of aryl methyl sites for hydroxylation is 1. The molecule has 1 N–H and O–H groups in total. The van der Waals surface area contributed by atoms with Gasteiger partial charge in [-0.15, -0.1) is 0 Å². The van der Waals surface area contributed by atoms with Gasteiger partial charge in [0.05, 0.1) is 16.4 Å². The van der Waals surface area contributed by atoms with Gasteiger partial charge in [0.25, 0.3) is 5.56 Å². The number of aromatic amines is 1. The summed E-state index contributed by atoms with van der Waals surface area (Å²) in [7, 11) is 0. The maximum Gasteiger partial charge on any atom is 0.287 e. The van der Waals surface area contributed by atoms with E-state index >= 15 is 0 Å². The molecule has 0 aliphatic heterocycles. The fraction of sp³-hybridized carbons (Fsp3) is 0.111. The molecule has 0 aromatic carbocycles. The molecule has 0 saturated carbocycles. The first-order chi connectivity index (χ1) is 7.09. The SMILES string of the molecule is Cc1nc(-c2occc2Br)[nH]c(=O)c1F. The Morgan fingerprint density at radius 1 is 1.60 bits per heavy atom. The van der Waals surface area contributed by atoms with E-state index in [2.05, 4.69) is 25.9 Å². The molecule has 0 unspecified atom stereocenters. The normalized spacial score (nSPS) is 10.6. The molecule has 0 fully saturated rings. The number of rotatable bonds is 1. The van der Waals surface area contributed by atoms with Crippen molar-refractivity contribution in [3.05, 3.63) is 38.7 Å². The second-order valence-corrected chi connectivity index (χ2v) is 3.77. The predicted octanol–water partition coefficient (Wildman–Crippen LogP) is 2.24. The van der Waals surface area contributed by atoms with E-state index in [4.69, 9.17) is 4.42 Å². The summed E-state index contributed by atoms with van der Waals surface area (Å²) in [4.78, 5) is 17.3. The topological polar surface area (TPSA) is 58.9 Å². The van der Waals surface area contributed by atoms with Gasteiger partial charge < -0.3 is 9.40 Å². The number of halogens is 2. The Bertz CT molecular complexity index is 561. The van der Waals surface area contributed by atoms with E-state index in [-0.39, 0.29) is 11.5 Å². The van der Waals surface area contributed by atoms with Crippen molar-refractivity contribution in [2.45, 2.75) is 6.92 Å². The molecule has 15 heavy (non-hydrogen) atoms. The Hall–Kier alpha value is -1.43. The lowest BCUT2D eigenvalue weighted by Crippen LogP contribution is -2.15. The van der Waals surface area contributed by atoms with Gasteiger partial charge in [-0.3, -0.25) is 4.79 Å². The van der Waals surface area contributed by atoms with Gasteiger partial charge in [-0.2, -0.15) is 4.39 Å². The first kappa shape index (κ1) is 10.1. The molecule has 0 atom stereocenters. The van der Waals surface area contributed by atoms with Crippen molar-refractivity contribution in [3.8, 4) is 11.6 Å². The first-order valence-corrected chi connectivity index (χ1v) is 4.88. The van der Waals surface area contributed by atoms with Crippen LogP contribution < -0.4 is 5.56 Å². The molecule has 0 aliphatic rings. The molecule has 2 aromatic heterocycles. The van der Waals surface area contributed by atoms with E-state index in [1.807, 2.05) is 0 Å². The lowest BCUT2D eigenvalue weighted by Gasteiger charge is -1.99. The lowest BCUT2D eigenvalue weighted by molar-refractivity contribution is 0.565. The Morgan fingerprint density at radius 2 is 2.33 bits per heavy atom. The van der Waals surface area contributed by atoms with Gasteiger partial charge in [0.15, 0.2) is 11.6 Å². The quantitative estimate of drug-likeness (QED) is 0.866. The number of nitrogens with zero attached hydrogens (tertiary/aromatic N) is 1. The number of aromatic nitrogens is 2. The van der Waals surface area contributed by atoms with E-state index in [1.54, 1.807) is 6.07 Å². The molecule has 2 heterocycles. The predicted molar refractivity (Wildman–Crippen MR) is 55.0 cm³/mol. The molecule has 0 spiro atoms. The number of hydrogen-bond acceptors (Lipinski definition) is 3. The van der Waals surface area contributed by atoms with Crippen LogP contribution in [0, 0.1) is 12.7 Å². The summed E-state index contributed by atoms with van der Waals surface area (Å²) < 4.78 is 18.8. The van der Waals surface area contributed by atoms with Crippen LogP contribution in [-0.4, -0.2) is 9.97 Å². The maximum absolute atomic E-state index is 13.0. The third-order valence-corrected chi connectivity index (χ3v) is 2.49. The highest BCUT2D eigenvalue weighted by Crippen LogP contribution is 2.25. The van der Waals surface area contributed by atoms with Crippen LogP contribution in [0.15, 0.2) is 26.0 Å². The monoisotopic (exact) mass is 272 g/mol. The maximum atomic E-state index is 13.0. The molecular weight excluding hydrogens is 267 g/mol. The van der Waals surface area contributed by atoms with E-state index in [9.17, 15) is 9.18 Å². The zero-order chi connectivity index (χ0) is 11.0. The second-order valence-electron chi connectivity index (χ2n) is 2.91. The molecule has 4 nitrogen and oxygen atoms in total. The molecule has 0 radical (unpaired) electrons. The summed E-state index contributed by atoms with van der Waals surface area (Å²) in [6.45, 7) is 1.42. The van der Waals surface area contributed by atoms with Crippen LogP contribution in [0.5, 0.6) is 0 Å². The van der Waals surface area contributed by atoms with Gasteiger partial charge in [0.2, 0.25) is 5.82 Å². The Morgan fingerprint density at radius 3 is 2.87 bits per heavy atom. The Labute approximate surface area is 92.3 Å². The van der Waals surface area contributed by atoms with E-state index in [0.717, 1.165) is 0 Å². The van der Waals surface area contributed by atoms with Crippen LogP contribution >= 0.6 is 15.9 Å². The first-order valence-electron chi connectivity index (χ1n) is 4.09. The minimum Gasteiger partial charge on any atom is -0.460 e. The second kappa shape index (κ2) is 3.62. The molecule has 0 aliphatic carbocycles. The van der Waals surface area contributed by atoms with Gasteiger partial charge in [-0.05, 0) is 28.9 Å². The summed E-state index contributed by atoms with van der Waals surface area (Å²) >= 11 is 3.22. The molecule has 0 bridgehead atoms. The third kappa shape index (κ3) is 1.72. The Kier molecular flexibility index (Phi) is 2.44. The van der Waals surface area contributed by atoms with Crippen molar-refractivity contribution in [2.24, 2.45) is 0 Å². The van der Waals surface area contributed by atoms with Crippen LogP contribution in [0.4, 0.5) is 4.39 Å². The van der Waals surface area contributed by atoms with Crippen molar-refractivity contribution >= 4 is 15.9 Å². The highest BCUT2D eigenvalue weighted by molar-refractivity contribution is 9.10. The van der Waals surface area contributed by atoms with Gasteiger partial charge in [-0.1, -0.05) is 0 Å². The summed E-state index contributed by atoms with van der Waals surface area (Å²) in [6, 6.07) is 1.66. The minimum atomic E-state index is -0.874. The van der Waals surface area contributed by atoms with Gasteiger partial charge >= 0.3 is 0 Å². The van der Waals surface area contributed by atoms with Gasteiger partial charge in [0.1, 0.15) is 0 Å². The van der Waals surface area contributed by atoms with E-state index in [0.29, 0.717) is 10.2 Å². The van der Waals surface area contributed by atoms with Crippen LogP contribution in [0.3, 0.4) is 0 Å². The minimum absolute atomic E-state index is 0.0389. The Balaban J connectivity index is 2.66. The summed E-state index contributed by atoms with van der Waals surface area (Å²) in [5.41, 5.74) is -0.766. The molecule has 0 amide bonds. The average Bonchev–Trinajstić information content (AvgIpc) is 2.60. The summed E-state index contributed by atoms with van der Waals surface area (Å²) in [5.74, 6) is -0.299. The van der Waals surface area contributed by atoms with Crippen LogP contribution in [-0.2, 0) is 0 Å². The number of H-pyrrole nitrogens is 1. The lowest BCUT2D eigenvalue weighted by atomic mass is 10.3. The number of furan rings is 1. The molecule has 2 aromatic rings. The molecular formula is C9H6BrFN2O2. The molecule has 78 valence electrons. The molecule has 2 rings (SSSR count). The average molecular weight is 273 g/mol. The summed E-state index contributed by atoms with van der Waals surface area (Å²) in [5, 5.41) is 0. The van der Waals surface area contributed by atoms with E-state index < -0.39 is 11.4 Å². The van der Waals surface area contributed by atoms with Crippen molar-refractivity contribution in [2.75, 3.05) is 0 Å². The van der Waals surface area contributed by atoms with Crippen molar-refractivity contribution in [3.63, 3.8) is 0 Å². The van der Waals surface area contributed by atoms with Crippen LogP contribution in [0.1, 0.15) is 5.69 Å². The standard InChI is InChI=1S/C9H6BrFN2O2/c1-4-6(11)9(14)13-8(12-4)7-5(10)2-3-15-7/h2-3H,1H3,(H,12,13,14). The smallest absolute Gasteiger partial charge is 0.287 e. The van der Waals surface area contributed by atoms with Gasteiger partial charge in [0, 0.05) is 0 Å². The zero-order valence-electron chi connectivity index (χ0n) is 7.67. The fourth-order valence-corrected chi connectivity index (χ4v) is 1.53. The van der Waals surface area contributed by atoms with Crippen LogP contribution in [0.25, 0.3) is 11.6 Å². The van der Waals surface area contributed by atoms with E-state index in [1.165, 1.54) is 13.2 Å². The highest BCUT2D eigenvalue weighted by atomic mass is 79.9. The largest absolute Gasteiger partial charge is 0.460 e. The van der Waals surface area contributed by atoms with Crippen molar-refractivity contribution in [1.82, 2.24) is 9.97 Å². The van der Waals surface area contributed by atoms with Crippen LogP contribution in [0.2, 0.25) is 0 Å².